The number of nitrogens with zero attached hydrogens (tertiary/aromatic N) is 1. The van der Waals surface area contributed by atoms with Gasteiger partial charge in [-0.1, -0.05) is 0 Å². The van der Waals surface area contributed by atoms with Gasteiger partial charge in [-0.05, 0) is 32.5 Å². The van der Waals surface area contributed by atoms with Crippen LogP contribution in [0.15, 0.2) is 0 Å². The first-order valence-electron chi connectivity index (χ1n) is 4.44. The summed E-state index contributed by atoms with van der Waals surface area (Å²) >= 11 is 0. The van der Waals surface area contributed by atoms with Crippen molar-refractivity contribution in [3.63, 3.8) is 0 Å². The molecule has 1 aliphatic rings. The van der Waals surface area contributed by atoms with Crippen LogP contribution in [0.2, 0.25) is 0 Å². The Morgan fingerprint density at radius 3 is 2.75 bits per heavy atom. The molecule has 1 saturated heterocycles. The van der Waals surface area contributed by atoms with Gasteiger partial charge in [-0.25, -0.2) is 8.78 Å². The van der Waals surface area contributed by atoms with Crippen molar-refractivity contribution in [1.82, 2.24) is 4.90 Å². The van der Waals surface area contributed by atoms with Crippen LogP contribution in [0.25, 0.3) is 0 Å². The van der Waals surface area contributed by atoms with Crippen LogP contribution in [0.1, 0.15) is 19.3 Å². The van der Waals surface area contributed by atoms with E-state index in [1.54, 1.807) is 4.90 Å². The van der Waals surface area contributed by atoms with Crippen LogP contribution in [0.4, 0.5) is 8.78 Å². The number of alkyl halides is 2. The van der Waals surface area contributed by atoms with Gasteiger partial charge in [0.25, 0.3) is 5.92 Å². The number of piperidine rings is 1. The van der Waals surface area contributed by atoms with Crippen molar-refractivity contribution in [3.05, 3.63) is 0 Å². The summed E-state index contributed by atoms with van der Waals surface area (Å²) in [5.74, 6) is -2.47. The Bertz CT molecular complexity index is 139. The first kappa shape index (κ1) is 9.86. The second kappa shape index (κ2) is 4.14. The summed E-state index contributed by atoms with van der Waals surface area (Å²) in [6.07, 6.45) is 1.47. The normalized spacial score (nSPS) is 24.2. The summed E-state index contributed by atoms with van der Waals surface area (Å²) in [4.78, 5) is 1.80. The van der Waals surface area contributed by atoms with Gasteiger partial charge in [-0.2, -0.15) is 0 Å². The predicted molar refractivity (Wildman–Crippen MR) is 44.3 cm³/mol. The summed E-state index contributed by atoms with van der Waals surface area (Å²) < 4.78 is 25.6. The number of likely N-dealkylation sites (tertiary alicyclic amines) is 1. The lowest BCUT2D eigenvalue weighted by Crippen LogP contribution is -2.43. The maximum absolute atomic E-state index is 12.8. The third kappa shape index (κ3) is 3.03. The molecule has 1 fully saturated rings. The first-order valence-corrected chi connectivity index (χ1v) is 4.44. The molecular weight excluding hydrogens is 162 g/mol. The highest BCUT2D eigenvalue weighted by molar-refractivity contribution is 4.78. The van der Waals surface area contributed by atoms with E-state index in [9.17, 15) is 8.78 Å². The van der Waals surface area contributed by atoms with Crippen LogP contribution in [-0.4, -0.2) is 37.0 Å². The molecule has 4 heteroatoms. The molecule has 0 bridgehead atoms. The highest BCUT2D eigenvalue weighted by atomic mass is 19.3. The molecule has 72 valence electrons. The van der Waals surface area contributed by atoms with Gasteiger partial charge >= 0.3 is 0 Å². The van der Waals surface area contributed by atoms with Gasteiger partial charge < -0.3 is 5.73 Å². The lowest BCUT2D eigenvalue weighted by molar-refractivity contribution is -0.0638. The van der Waals surface area contributed by atoms with E-state index in [0.29, 0.717) is 19.5 Å². The van der Waals surface area contributed by atoms with E-state index in [-0.39, 0.29) is 13.0 Å². The number of halogens is 2. The summed E-state index contributed by atoms with van der Waals surface area (Å²) in [5, 5.41) is 0. The summed E-state index contributed by atoms with van der Waals surface area (Å²) in [6, 6.07) is 0. The number of nitrogens with two attached hydrogens (primary N) is 1. The maximum atomic E-state index is 12.8. The first-order chi connectivity index (χ1) is 5.64. The second-order valence-electron chi connectivity index (χ2n) is 3.38. The second-order valence-corrected chi connectivity index (χ2v) is 3.38. The summed E-state index contributed by atoms with van der Waals surface area (Å²) in [7, 11) is 0. The number of hydrogen-bond acceptors (Lipinski definition) is 2. The van der Waals surface area contributed by atoms with E-state index in [1.807, 2.05) is 0 Å². The number of rotatable bonds is 3. The van der Waals surface area contributed by atoms with Crippen LogP contribution in [0.3, 0.4) is 0 Å². The van der Waals surface area contributed by atoms with Gasteiger partial charge in [0.2, 0.25) is 0 Å². The van der Waals surface area contributed by atoms with E-state index >= 15 is 0 Å². The largest absolute Gasteiger partial charge is 0.330 e. The van der Waals surface area contributed by atoms with E-state index in [4.69, 9.17) is 5.73 Å². The third-order valence-electron chi connectivity index (χ3n) is 2.15. The zero-order valence-electron chi connectivity index (χ0n) is 7.23. The lowest BCUT2D eigenvalue weighted by atomic mass is 10.1. The number of hydrogen-bond donors (Lipinski definition) is 1. The molecule has 2 nitrogen and oxygen atoms in total. The molecule has 12 heavy (non-hydrogen) atoms. The predicted octanol–water partition coefficient (Wildman–Crippen LogP) is 1.07. The minimum absolute atomic E-state index is 0.0477. The van der Waals surface area contributed by atoms with Crippen molar-refractivity contribution in [1.29, 1.82) is 0 Å². The SMILES string of the molecule is NCCCN1CCCC(F)(F)C1. The molecule has 0 aromatic rings. The summed E-state index contributed by atoms with van der Waals surface area (Å²) in [6.45, 7) is 2.02. The Hall–Kier alpha value is -0.220. The quantitative estimate of drug-likeness (QED) is 0.700. The highest BCUT2D eigenvalue weighted by Crippen LogP contribution is 2.26. The van der Waals surface area contributed by atoms with Gasteiger partial charge in [0, 0.05) is 6.42 Å². The molecule has 1 rings (SSSR count). The van der Waals surface area contributed by atoms with Crippen molar-refractivity contribution in [2.75, 3.05) is 26.2 Å². The Balaban J connectivity index is 2.26. The average molecular weight is 178 g/mol. The molecule has 0 atom stereocenters. The van der Waals surface area contributed by atoms with E-state index in [0.717, 1.165) is 13.0 Å². The highest BCUT2D eigenvalue weighted by Gasteiger charge is 2.34. The van der Waals surface area contributed by atoms with Crippen LogP contribution in [-0.2, 0) is 0 Å². The Labute approximate surface area is 71.7 Å². The molecule has 0 spiro atoms. The topological polar surface area (TPSA) is 29.3 Å². The lowest BCUT2D eigenvalue weighted by Gasteiger charge is -2.32. The monoisotopic (exact) mass is 178 g/mol. The molecule has 2 N–H and O–H groups in total. The molecule has 0 amide bonds. The minimum Gasteiger partial charge on any atom is -0.330 e. The van der Waals surface area contributed by atoms with E-state index in [2.05, 4.69) is 0 Å². The standard InChI is InChI=1S/C8H16F2N2/c9-8(10)3-1-5-12(7-8)6-2-4-11/h1-7,11H2. The van der Waals surface area contributed by atoms with Gasteiger partial charge in [0.15, 0.2) is 0 Å². The molecule has 1 aliphatic heterocycles. The van der Waals surface area contributed by atoms with E-state index in [1.165, 1.54) is 0 Å². The van der Waals surface area contributed by atoms with Crippen LogP contribution in [0, 0.1) is 0 Å². The molecule has 0 unspecified atom stereocenters. The van der Waals surface area contributed by atoms with Gasteiger partial charge in [0.1, 0.15) is 0 Å². The molecular formula is C8H16F2N2. The fourth-order valence-corrected chi connectivity index (χ4v) is 1.55. The van der Waals surface area contributed by atoms with E-state index < -0.39 is 5.92 Å². The fraction of sp³-hybridized carbons (Fsp3) is 1.00. The van der Waals surface area contributed by atoms with Crippen molar-refractivity contribution in [3.8, 4) is 0 Å². The average Bonchev–Trinajstić information content (AvgIpc) is 1.99. The minimum atomic E-state index is -2.47. The zero-order valence-corrected chi connectivity index (χ0v) is 7.23. The fourth-order valence-electron chi connectivity index (χ4n) is 1.55. The zero-order chi connectivity index (χ0) is 9.03. The Morgan fingerprint density at radius 1 is 1.42 bits per heavy atom. The van der Waals surface area contributed by atoms with Crippen molar-refractivity contribution >= 4 is 0 Å². The smallest absolute Gasteiger partial charge is 0.260 e. The van der Waals surface area contributed by atoms with Gasteiger partial charge in [0.05, 0.1) is 6.54 Å². The van der Waals surface area contributed by atoms with Crippen molar-refractivity contribution in [2.45, 2.75) is 25.2 Å². The van der Waals surface area contributed by atoms with Crippen LogP contribution >= 0.6 is 0 Å². The van der Waals surface area contributed by atoms with Crippen LogP contribution < -0.4 is 5.73 Å². The molecule has 0 saturated carbocycles. The van der Waals surface area contributed by atoms with Crippen molar-refractivity contribution in [2.24, 2.45) is 5.73 Å². The summed E-state index contributed by atoms with van der Waals surface area (Å²) in [5.41, 5.74) is 5.30. The van der Waals surface area contributed by atoms with Crippen molar-refractivity contribution < 1.29 is 8.78 Å². The Kier molecular flexibility index (Phi) is 3.40. The van der Waals surface area contributed by atoms with Crippen LogP contribution in [0.5, 0.6) is 0 Å². The molecule has 1 heterocycles. The molecule has 0 aromatic heterocycles. The molecule has 0 aromatic carbocycles. The van der Waals surface area contributed by atoms with Gasteiger partial charge in [-0.15, -0.1) is 0 Å². The molecule has 0 radical (unpaired) electrons. The third-order valence-corrected chi connectivity index (χ3v) is 2.15. The Morgan fingerprint density at radius 2 is 2.17 bits per heavy atom. The van der Waals surface area contributed by atoms with Gasteiger partial charge in [-0.3, -0.25) is 4.90 Å². The maximum Gasteiger partial charge on any atom is 0.260 e. The molecule has 0 aliphatic carbocycles.